The van der Waals surface area contributed by atoms with E-state index < -0.39 is 0 Å². The van der Waals surface area contributed by atoms with Crippen molar-refractivity contribution in [3.05, 3.63) is 59.7 Å². The molecule has 0 aromatic heterocycles. The number of carbonyl (C=O) groups excluding carboxylic acids is 2. The second-order valence-corrected chi connectivity index (χ2v) is 5.81. The molecular weight excluding hydrogens is 304 g/mol. The Morgan fingerprint density at radius 3 is 2.79 bits per heavy atom. The molecule has 0 radical (unpaired) electrons. The van der Waals surface area contributed by atoms with Crippen molar-refractivity contribution in [2.45, 2.75) is 19.4 Å². The number of likely N-dealkylation sites (tertiary alicyclic amines) is 1. The molecule has 0 atom stereocenters. The van der Waals surface area contributed by atoms with Crippen molar-refractivity contribution in [3.8, 4) is 5.75 Å². The molecule has 0 saturated carbocycles. The van der Waals surface area contributed by atoms with Gasteiger partial charge in [-0.1, -0.05) is 18.2 Å². The summed E-state index contributed by atoms with van der Waals surface area (Å²) in [5, 5.41) is 2.86. The van der Waals surface area contributed by atoms with Crippen molar-refractivity contribution in [3.63, 3.8) is 0 Å². The van der Waals surface area contributed by atoms with Crippen molar-refractivity contribution in [1.82, 2.24) is 4.90 Å². The van der Waals surface area contributed by atoms with Crippen LogP contribution in [0, 0.1) is 0 Å². The van der Waals surface area contributed by atoms with Crippen LogP contribution in [0.3, 0.4) is 0 Å². The number of amides is 2. The number of methoxy groups -OCH3 is 1. The fourth-order valence-corrected chi connectivity index (χ4v) is 2.81. The van der Waals surface area contributed by atoms with Gasteiger partial charge in [-0.2, -0.15) is 0 Å². The third-order valence-electron chi connectivity index (χ3n) is 4.06. The highest BCUT2D eigenvalue weighted by molar-refractivity contribution is 6.04. The summed E-state index contributed by atoms with van der Waals surface area (Å²) in [5.74, 6) is 0.688. The topological polar surface area (TPSA) is 58.6 Å². The summed E-state index contributed by atoms with van der Waals surface area (Å²) in [6, 6.07) is 14.6. The fraction of sp³-hybridized carbons (Fsp3) is 0.263. The first kappa shape index (κ1) is 16.1. The van der Waals surface area contributed by atoms with Gasteiger partial charge in [-0.05, 0) is 36.2 Å². The highest BCUT2D eigenvalue weighted by atomic mass is 16.5. The molecule has 1 heterocycles. The van der Waals surface area contributed by atoms with E-state index in [1.54, 1.807) is 19.2 Å². The predicted molar refractivity (Wildman–Crippen MR) is 92.0 cm³/mol. The molecule has 1 saturated heterocycles. The van der Waals surface area contributed by atoms with Crippen LogP contribution in [-0.4, -0.2) is 30.4 Å². The highest BCUT2D eigenvalue weighted by Gasteiger charge is 2.20. The minimum Gasteiger partial charge on any atom is -0.497 e. The Morgan fingerprint density at radius 2 is 2.04 bits per heavy atom. The third-order valence-corrected chi connectivity index (χ3v) is 4.06. The van der Waals surface area contributed by atoms with Gasteiger partial charge in [-0.25, -0.2) is 0 Å². The van der Waals surface area contributed by atoms with Gasteiger partial charge >= 0.3 is 0 Å². The van der Waals surface area contributed by atoms with E-state index in [0.29, 0.717) is 30.0 Å². The number of benzene rings is 2. The van der Waals surface area contributed by atoms with Crippen LogP contribution in [0.2, 0.25) is 0 Å². The van der Waals surface area contributed by atoms with Gasteiger partial charge in [-0.3, -0.25) is 9.59 Å². The van der Waals surface area contributed by atoms with Gasteiger partial charge < -0.3 is 15.0 Å². The van der Waals surface area contributed by atoms with Crippen LogP contribution in [-0.2, 0) is 11.3 Å². The zero-order valence-corrected chi connectivity index (χ0v) is 13.6. The molecule has 24 heavy (non-hydrogen) atoms. The molecule has 5 heteroatoms. The van der Waals surface area contributed by atoms with E-state index >= 15 is 0 Å². The van der Waals surface area contributed by atoms with Crippen LogP contribution < -0.4 is 10.1 Å². The molecule has 0 unspecified atom stereocenters. The van der Waals surface area contributed by atoms with E-state index in [1.807, 2.05) is 41.3 Å². The normalized spacial score (nSPS) is 13.9. The average molecular weight is 324 g/mol. The van der Waals surface area contributed by atoms with Gasteiger partial charge in [0.05, 0.1) is 7.11 Å². The van der Waals surface area contributed by atoms with E-state index in [-0.39, 0.29) is 11.8 Å². The van der Waals surface area contributed by atoms with Crippen molar-refractivity contribution in [1.29, 1.82) is 0 Å². The van der Waals surface area contributed by atoms with Crippen LogP contribution in [0.4, 0.5) is 5.69 Å². The molecule has 1 fully saturated rings. The summed E-state index contributed by atoms with van der Waals surface area (Å²) in [6.45, 7) is 1.35. The number of hydrogen-bond acceptors (Lipinski definition) is 3. The lowest BCUT2D eigenvalue weighted by atomic mass is 10.1. The number of nitrogens with one attached hydrogen (secondary N) is 1. The third kappa shape index (κ3) is 3.74. The zero-order valence-electron chi connectivity index (χ0n) is 13.6. The second-order valence-electron chi connectivity index (χ2n) is 5.81. The van der Waals surface area contributed by atoms with Crippen LogP contribution in [0.15, 0.2) is 48.5 Å². The maximum absolute atomic E-state index is 12.4. The number of nitrogens with zero attached hydrogens (tertiary/aromatic N) is 1. The zero-order chi connectivity index (χ0) is 16.9. The Hall–Kier alpha value is -2.82. The van der Waals surface area contributed by atoms with Crippen LogP contribution >= 0.6 is 0 Å². The standard InChI is InChI=1S/C19H20N2O3/c1-24-17-8-3-7-16(12-17)20-19(23)15-6-2-5-14(11-15)13-21-10-4-9-18(21)22/h2-3,5-8,11-12H,4,9-10,13H2,1H3,(H,20,23). The van der Waals surface area contributed by atoms with Gasteiger partial charge in [0.15, 0.2) is 0 Å². The number of hydrogen-bond donors (Lipinski definition) is 1. The first-order valence-electron chi connectivity index (χ1n) is 7.98. The first-order valence-corrected chi connectivity index (χ1v) is 7.98. The Kier molecular flexibility index (Phi) is 4.79. The van der Waals surface area contributed by atoms with Gasteiger partial charge in [-0.15, -0.1) is 0 Å². The minimum absolute atomic E-state index is 0.182. The van der Waals surface area contributed by atoms with Crippen molar-refractivity contribution in [2.24, 2.45) is 0 Å². The van der Waals surface area contributed by atoms with Crippen LogP contribution in [0.1, 0.15) is 28.8 Å². The van der Waals surface area contributed by atoms with Crippen molar-refractivity contribution in [2.75, 3.05) is 19.0 Å². The Bertz CT molecular complexity index is 758. The summed E-state index contributed by atoms with van der Waals surface area (Å²) in [6.07, 6.45) is 1.53. The molecule has 5 nitrogen and oxygen atoms in total. The number of rotatable bonds is 5. The molecule has 124 valence electrons. The minimum atomic E-state index is -0.183. The molecule has 2 amide bonds. The first-order chi connectivity index (χ1) is 11.7. The van der Waals surface area contributed by atoms with Gasteiger partial charge in [0.2, 0.25) is 5.91 Å². The van der Waals surface area contributed by atoms with Crippen LogP contribution in [0.25, 0.3) is 0 Å². The summed E-state index contributed by atoms with van der Waals surface area (Å²) in [5.41, 5.74) is 2.21. The molecule has 1 aliphatic heterocycles. The smallest absolute Gasteiger partial charge is 0.255 e. The molecule has 0 spiro atoms. The lowest BCUT2D eigenvalue weighted by molar-refractivity contribution is -0.128. The van der Waals surface area contributed by atoms with Crippen LogP contribution in [0.5, 0.6) is 5.75 Å². The molecule has 2 aromatic rings. The SMILES string of the molecule is COc1cccc(NC(=O)c2cccc(CN3CCCC3=O)c2)c1. The Balaban J connectivity index is 1.70. The largest absolute Gasteiger partial charge is 0.497 e. The lowest BCUT2D eigenvalue weighted by Crippen LogP contribution is -2.24. The summed E-state index contributed by atoms with van der Waals surface area (Å²) in [7, 11) is 1.59. The lowest BCUT2D eigenvalue weighted by Gasteiger charge is -2.16. The van der Waals surface area contributed by atoms with E-state index in [9.17, 15) is 9.59 Å². The molecule has 1 aliphatic rings. The molecular formula is C19H20N2O3. The van der Waals surface area contributed by atoms with E-state index in [4.69, 9.17) is 4.74 Å². The van der Waals surface area contributed by atoms with Gasteiger partial charge in [0.25, 0.3) is 5.91 Å². The quantitative estimate of drug-likeness (QED) is 0.919. The number of ether oxygens (including phenoxy) is 1. The molecule has 1 N–H and O–H groups in total. The highest BCUT2D eigenvalue weighted by Crippen LogP contribution is 2.19. The number of anilines is 1. The Morgan fingerprint density at radius 1 is 1.21 bits per heavy atom. The predicted octanol–water partition coefficient (Wildman–Crippen LogP) is 3.07. The molecule has 3 rings (SSSR count). The van der Waals surface area contributed by atoms with E-state index in [1.165, 1.54) is 0 Å². The maximum Gasteiger partial charge on any atom is 0.255 e. The Labute approximate surface area is 141 Å². The molecule has 0 aliphatic carbocycles. The maximum atomic E-state index is 12.4. The van der Waals surface area contributed by atoms with Gasteiger partial charge in [0.1, 0.15) is 5.75 Å². The second kappa shape index (κ2) is 7.17. The van der Waals surface area contributed by atoms with E-state index in [0.717, 1.165) is 18.5 Å². The van der Waals surface area contributed by atoms with Crippen molar-refractivity contribution < 1.29 is 14.3 Å². The van der Waals surface area contributed by atoms with Gasteiger partial charge in [0, 0.05) is 36.8 Å². The molecule has 2 aromatic carbocycles. The monoisotopic (exact) mass is 324 g/mol. The molecule has 0 bridgehead atoms. The number of carbonyl (C=O) groups is 2. The average Bonchev–Trinajstić information content (AvgIpc) is 3.00. The summed E-state index contributed by atoms with van der Waals surface area (Å²) < 4.78 is 5.16. The van der Waals surface area contributed by atoms with E-state index in [2.05, 4.69) is 5.32 Å². The van der Waals surface area contributed by atoms with Crippen molar-refractivity contribution >= 4 is 17.5 Å². The summed E-state index contributed by atoms with van der Waals surface area (Å²) >= 11 is 0. The summed E-state index contributed by atoms with van der Waals surface area (Å²) in [4.78, 5) is 26.0. The fourth-order valence-electron chi connectivity index (χ4n) is 2.81.